The maximum Gasteiger partial charge on any atom is 0.0430 e. The fourth-order valence-corrected chi connectivity index (χ4v) is 1.46. The highest BCUT2D eigenvalue weighted by Crippen LogP contribution is 2.10. The summed E-state index contributed by atoms with van der Waals surface area (Å²) in [5, 5.41) is 3.21. The zero-order valence-corrected chi connectivity index (χ0v) is 7.52. The van der Waals surface area contributed by atoms with Gasteiger partial charge in [0, 0.05) is 5.08 Å². The van der Waals surface area contributed by atoms with Gasteiger partial charge in [0.15, 0.2) is 0 Å². The van der Waals surface area contributed by atoms with Gasteiger partial charge in [0.25, 0.3) is 0 Å². The Morgan fingerprint density at radius 3 is 2.78 bits per heavy atom. The van der Waals surface area contributed by atoms with Crippen molar-refractivity contribution in [3.05, 3.63) is 23.6 Å². The van der Waals surface area contributed by atoms with Crippen LogP contribution in [0.4, 0.5) is 0 Å². The van der Waals surface area contributed by atoms with Gasteiger partial charge in [-0.05, 0) is 18.6 Å². The zero-order valence-electron chi connectivity index (χ0n) is 5.89. The highest BCUT2D eigenvalue weighted by Gasteiger charge is 1.76. The first-order chi connectivity index (χ1) is 4.27. The van der Waals surface area contributed by atoms with E-state index in [9.17, 15) is 0 Å². The molecule has 0 N–H and O–H groups in total. The van der Waals surface area contributed by atoms with Crippen molar-refractivity contribution in [3.63, 3.8) is 0 Å². The minimum atomic E-state index is 1.11. The Morgan fingerprint density at radius 1 is 1.67 bits per heavy atom. The number of hydrogen-bond acceptors (Lipinski definition) is 2. The van der Waals surface area contributed by atoms with Crippen molar-refractivity contribution in [2.24, 2.45) is 0 Å². The predicted molar refractivity (Wildman–Crippen MR) is 49.9 cm³/mol. The molecule has 0 bridgehead atoms. The average Bonchev–Trinajstić information content (AvgIpc) is 1.80. The zero-order chi connectivity index (χ0) is 7.11. The van der Waals surface area contributed by atoms with Crippen LogP contribution in [0.3, 0.4) is 0 Å². The van der Waals surface area contributed by atoms with Crippen molar-refractivity contribution in [2.75, 3.05) is 11.3 Å². The second kappa shape index (κ2) is 6.30. The molecule has 2 heteroatoms. The van der Waals surface area contributed by atoms with Gasteiger partial charge in [-0.2, -0.15) is 11.8 Å². The molecule has 0 atom stereocenters. The van der Waals surface area contributed by atoms with Gasteiger partial charge < -0.3 is 0 Å². The van der Waals surface area contributed by atoms with E-state index in [2.05, 4.69) is 18.2 Å². The average molecular weight is 160 g/mol. The van der Waals surface area contributed by atoms with E-state index in [1.54, 1.807) is 11.8 Å². The molecule has 9 heavy (non-hydrogen) atoms. The molecule has 52 valence electrons. The van der Waals surface area contributed by atoms with Crippen molar-refractivity contribution in [1.29, 1.82) is 0 Å². The quantitative estimate of drug-likeness (QED) is 0.352. The van der Waals surface area contributed by atoms with Gasteiger partial charge in [0.1, 0.15) is 0 Å². The Kier molecular flexibility index (Phi) is 6.43. The second-order valence-corrected chi connectivity index (χ2v) is 3.85. The molecule has 0 aromatic rings. The highest BCUT2D eigenvalue weighted by molar-refractivity contribution is 8.17. The number of hydrogen-bond donors (Lipinski definition) is 0. The number of thioether (sulfide) groups is 2. The third kappa shape index (κ3) is 8.18. The van der Waals surface area contributed by atoms with Crippen molar-refractivity contribution in [2.45, 2.75) is 6.92 Å². The minimum Gasteiger partial charge on any atom is -0.154 e. The Bertz CT molecular complexity index is 105. The van der Waals surface area contributed by atoms with E-state index >= 15 is 0 Å². The monoisotopic (exact) mass is 160 g/mol. The van der Waals surface area contributed by atoms with Gasteiger partial charge in [-0.15, -0.1) is 11.8 Å². The lowest BCUT2D eigenvalue weighted by molar-refractivity contribution is 1.57. The predicted octanol–water partition coefficient (Wildman–Crippen LogP) is 3.13. The summed E-state index contributed by atoms with van der Waals surface area (Å²) in [6.07, 6.45) is 4.13. The van der Waals surface area contributed by atoms with E-state index in [-0.39, 0.29) is 0 Å². The Balaban J connectivity index is 3.15. The molecule has 0 aliphatic carbocycles. The molecule has 0 unspecified atom stereocenters. The summed E-state index contributed by atoms with van der Waals surface area (Å²) in [5.41, 5.74) is 1.11. The third-order valence-corrected chi connectivity index (χ3v) is 2.45. The molecule has 0 rings (SSSR count). The highest BCUT2D eigenvalue weighted by atomic mass is 32.2. The lowest BCUT2D eigenvalue weighted by Crippen LogP contribution is -1.61. The summed E-state index contributed by atoms with van der Waals surface area (Å²) in [6, 6.07) is 0. The van der Waals surface area contributed by atoms with Gasteiger partial charge >= 0.3 is 0 Å². The molecule has 0 aromatic carbocycles. The van der Waals surface area contributed by atoms with Crippen molar-refractivity contribution >= 4 is 23.5 Å². The van der Waals surface area contributed by atoms with Crippen LogP contribution in [0.25, 0.3) is 0 Å². The summed E-state index contributed by atoms with van der Waals surface area (Å²) in [5.74, 6) is 0. The van der Waals surface area contributed by atoms with E-state index in [1.165, 1.54) is 0 Å². The standard InChI is InChI=1S/C7H12S2/c1-7(2)4-5-9-6-8-3/h4-5H,1,6H2,2-3H3/b5-4-. The molecular weight excluding hydrogens is 148 g/mol. The molecule has 0 fully saturated rings. The van der Waals surface area contributed by atoms with Crippen LogP contribution in [0.15, 0.2) is 23.6 Å². The van der Waals surface area contributed by atoms with Crippen molar-refractivity contribution in [1.82, 2.24) is 0 Å². The van der Waals surface area contributed by atoms with Crippen LogP contribution in [0.2, 0.25) is 0 Å². The van der Waals surface area contributed by atoms with Gasteiger partial charge in [-0.25, -0.2) is 0 Å². The first kappa shape index (κ1) is 9.18. The lowest BCUT2D eigenvalue weighted by atomic mass is 10.4. The van der Waals surface area contributed by atoms with Crippen LogP contribution >= 0.6 is 23.5 Å². The van der Waals surface area contributed by atoms with Crippen molar-refractivity contribution in [3.8, 4) is 0 Å². The third-order valence-electron chi connectivity index (χ3n) is 0.635. The summed E-state index contributed by atoms with van der Waals surface area (Å²) in [7, 11) is 0. The molecule has 0 radical (unpaired) electrons. The molecular formula is C7H12S2. The molecule has 0 saturated heterocycles. The van der Waals surface area contributed by atoms with Crippen molar-refractivity contribution < 1.29 is 0 Å². The summed E-state index contributed by atoms with van der Waals surface area (Å²) < 4.78 is 0. The topological polar surface area (TPSA) is 0 Å². The molecule has 0 nitrogen and oxygen atoms in total. The van der Waals surface area contributed by atoms with Gasteiger partial charge in [0.05, 0.1) is 0 Å². The first-order valence-corrected chi connectivity index (χ1v) is 5.14. The Morgan fingerprint density at radius 2 is 2.33 bits per heavy atom. The maximum absolute atomic E-state index is 3.75. The fourth-order valence-electron chi connectivity index (χ4n) is 0.272. The van der Waals surface area contributed by atoms with Gasteiger partial charge in [0.2, 0.25) is 0 Å². The van der Waals surface area contributed by atoms with Crippen LogP contribution in [-0.4, -0.2) is 11.3 Å². The van der Waals surface area contributed by atoms with E-state index < -0.39 is 0 Å². The number of rotatable bonds is 4. The van der Waals surface area contributed by atoms with E-state index in [1.807, 2.05) is 24.8 Å². The van der Waals surface area contributed by atoms with Crippen LogP contribution in [0.1, 0.15) is 6.92 Å². The molecule has 0 amide bonds. The van der Waals surface area contributed by atoms with E-state index in [0.29, 0.717) is 0 Å². The summed E-state index contributed by atoms with van der Waals surface area (Å²) >= 11 is 3.64. The minimum absolute atomic E-state index is 1.11. The molecule has 0 saturated carbocycles. The normalized spacial score (nSPS) is 10.4. The fraction of sp³-hybridized carbons (Fsp3) is 0.429. The molecule has 0 aliphatic heterocycles. The molecule has 0 spiro atoms. The van der Waals surface area contributed by atoms with Gasteiger partial charge in [-0.1, -0.05) is 18.2 Å². The Hall–Kier alpha value is 0.180. The number of allylic oxidation sites excluding steroid dienone is 2. The van der Waals surface area contributed by atoms with Crippen LogP contribution in [-0.2, 0) is 0 Å². The van der Waals surface area contributed by atoms with Crippen LogP contribution in [0, 0.1) is 0 Å². The van der Waals surface area contributed by atoms with Crippen LogP contribution in [0.5, 0.6) is 0 Å². The molecule has 0 heterocycles. The van der Waals surface area contributed by atoms with E-state index in [4.69, 9.17) is 0 Å². The summed E-state index contributed by atoms with van der Waals surface area (Å²) in [6.45, 7) is 5.74. The summed E-state index contributed by atoms with van der Waals surface area (Å²) in [4.78, 5) is 0. The van der Waals surface area contributed by atoms with E-state index in [0.717, 1.165) is 10.7 Å². The Labute approximate surface area is 65.8 Å². The largest absolute Gasteiger partial charge is 0.154 e. The smallest absolute Gasteiger partial charge is 0.0430 e. The maximum atomic E-state index is 3.75. The van der Waals surface area contributed by atoms with Gasteiger partial charge in [-0.3, -0.25) is 0 Å². The SMILES string of the molecule is C=C(C)/C=C\SCSC. The molecule has 0 aliphatic rings. The van der Waals surface area contributed by atoms with Crippen LogP contribution < -0.4 is 0 Å². The first-order valence-electron chi connectivity index (χ1n) is 2.70. The lowest BCUT2D eigenvalue weighted by Gasteiger charge is -1.87. The molecule has 0 aromatic heterocycles. The second-order valence-electron chi connectivity index (χ2n) is 1.72.